The first-order valence-electron chi connectivity index (χ1n) is 10.7. The van der Waals surface area contributed by atoms with Crippen LogP contribution in [0, 0.1) is 6.92 Å². The molecule has 0 spiro atoms. The van der Waals surface area contributed by atoms with E-state index in [0.29, 0.717) is 17.4 Å². The second-order valence-electron chi connectivity index (χ2n) is 7.93. The molecule has 0 aliphatic heterocycles. The number of oxazole rings is 1. The number of thioether (sulfide) groups is 1. The Hall–Kier alpha value is -3.31. The molecule has 0 radical (unpaired) electrons. The monoisotopic (exact) mass is 442 g/mol. The van der Waals surface area contributed by atoms with Gasteiger partial charge in [0.05, 0.1) is 5.69 Å². The van der Waals surface area contributed by atoms with Crippen molar-refractivity contribution in [2.24, 2.45) is 0 Å². The van der Waals surface area contributed by atoms with Crippen LogP contribution in [0.2, 0.25) is 0 Å². The minimum Gasteiger partial charge on any atom is -0.441 e. The van der Waals surface area contributed by atoms with Crippen molar-refractivity contribution in [2.45, 2.75) is 37.3 Å². The van der Waals surface area contributed by atoms with Gasteiger partial charge in [-0.1, -0.05) is 44.2 Å². The standard InChI is InChI=1S/C27H26N2O2S/c1-18(2)20-13-15-23(16-14-20)28-26(30)21-9-11-22(12-10-21)27-29-25(19(3)31-27)17-32-24-7-5-4-6-8-24/h4-16,18H,17H2,1-3H3,(H,28,30). The van der Waals surface area contributed by atoms with E-state index >= 15 is 0 Å². The summed E-state index contributed by atoms with van der Waals surface area (Å²) in [5, 5.41) is 2.95. The average Bonchev–Trinajstić information content (AvgIpc) is 3.19. The number of rotatable bonds is 7. The largest absolute Gasteiger partial charge is 0.441 e. The van der Waals surface area contributed by atoms with Crippen LogP contribution >= 0.6 is 11.8 Å². The Labute approximate surface area is 193 Å². The SMILES string of the molecule is Cc1oc(-c2ccc(C(=O)Nc3ccc(C(C)C)cc3)cc2)nc1CSc1ccccc1. The fourth-order valence-electron chi connectivity index (χ4n) is 3.27. The first-order valence-corrected chi connectivity index (χ1v) is 11.6. The third-order valence-electron chi connectivity index (χ3n) is 5.24. The Bertz CT molecular complexity index is 1180. The van der Waals surface area contributed by atoms with E-state index in [-0.39, 0.29) is 5.91 Å². The van der Waals surface area contributed by atoms with Gasteiger partial charge in [0.2, 0.25) is 5.89 Å². The molecular weight excluding hydrogens is 416 g/mol. The second kappa shape index (κ2) is 9.88. The van der Waals surface area contributed by atoms with Crippen LogP contribution < -0.4 is 5.32 Å². The number of anilines is 1. The van der Waals surface area contributed by atoms with Gasteiger partial charge in [-0.3, -0.25) is 4.79 Å². The summed E-state index contributed by atoms with van der Waals surface area (Å²) in [7, 11) is 0. The highest BCUT2D eigenvalue weighted by Gasteiger charge is 2.13. The van der Waals surface area contributed by atoms with Gasteiger partial charge in [0.1, 0.15) is 5.76 Å². The number of nitrogens with one attached hydrogen (secondary N) is 1. The number of hydrogen-bond donors (Lipinski definition) is 1. The van der Waals surface area contributed by atoms with E-state index in [0.717, 1.165) is 28.5 Å². The van der Waals surface area contributed by atoms with E-state index in [1.807, 2.05) is 61.5 Å². The Morgan fingerprint density at radius 2 is 1.66 bits per heavy atom. The van der Waals surface area contributed by atoms with Crippen LogP contribution in [0.3, 0.4) is 0 Å². The lowest BCUT2D eigenvalue weighted by Crippen LogP contribution is -2.11. The van der Waals surface area contributed by atoms with Gasteiger partial charge in [-0.2, -0.15) is 0 Å². The number of aromatic nitrogens is 1. The molecule has 0 saturated carbocycles. The smallest absolute Gasteiger partial charge is 0.255 e. The molecule has 0 saturated heterocycles. The first-order chi connectivity index (χ1) is 15.5. The van der Waals surface area contributed by atoms with Gasteiger partial charge in [0.25, 0.3) is 5.91 Å². The van der Waals surface area contributed by atoms with Gasteiger partial charge in [0.15, 0.2) is 0 Å². The number of carbonyl (C=O) groups is 1. The third-order valence-corrected chi connectivity index (χ3v) is 6.26. The zero-order chi connectivity index (χ0) is 22.5. The molecule has 5 heteroatoms. The fraction of sp³-hybridized carbons (Fsp3) is 0.185. The molecule has 1 amide bonds. The highest BCUT2D eigenvalue weighted by atomic mass is 32.2. The van der Waals surface area contributed by atoms with Gasteiger partial charge in [-0.25, -0.2) is 4.98 Å². The third kappa shape index (κ3) is 5.29. The molecule has 0 fully saturated rings. The summed E-state index contributed by atoms with van der Waals surface area (Å²) in [6.07, 6.45) is 0. The van der Waals surface area contributed by atoms with Crippen LogP contribution in [-0.2, 0) is 5.75 Å². The van der Waals surface area contributed by atoms with Crippen molar-refractivity contribution >= 4 is 23.4 Å². The molecule has 1 heterocycles. The van der Waals surface area contributed by atoms with Gasteiger partial charge in [-0.05, 0) is 66.9 Å². The zero-order valence-electron chi connectivity index (χ0n) is 18.5. The number of carbonyl (C=O) groups excluding carboxylic acids is 1. The van der Waals surface area contributed by atoms with Crippen LogP contribution in [0.15, 0.2) is 88.2 Å². The predicted molar refractivity (Wildman–Crippen MR) is 131 cm³/mol. The van der Waals surface area contributed by atoms with Gasteiger partial charge in [-0.15, -0.1) is 11.8 Å². The van der Waals surface area contributed by atoms with Crippen LogP contribution in [-0.4, -0.2) is 10.9 Å². The fourth-order valence-corrected chi connectivity index (χ4v) is 4.19. The van der Waals surface area contributed by atoms with Gasteiger partial charge in [0, 0.05) is 27.5 Å². The number of benzene rings is 3. The summed E-state index contributed by atoms with van der Waals surface area (Å²) in [6, 6.07) is 25.5. The summed E-state index contributed by atoms with van der Waals surface area (Å²) >= 11 is 1.73. The van der Waals surface area contributed by atoms with E-state index in [1.54, 1.807) is 23.9 Å². The van der Waals surface area contributed by atoms with E-state index < -0.39 is 0 Å². The minimum atomic E-state index is -0.141. The molecule has 1 N–H and O–H groups in total. The Morgan fingerprint density at radius 3 is 2.31 bits per heavy atom. The summed E-state index contributed by atoms with van der Waals surface area (Å²) in [4.78, 5) is 18.5. The summed E-state index contributed by atoms with van der Waals surface area (Å²) in [5.41, 5.74) is 4.40. The van der Waals surface area contributed by atoms with Crippen LogP contribution in [0.25, 0.3) is 11.5 Å². The van der Waals surface area contributed by atoms with E-state index in [1.165, 1.54) is 10.5 Å². The number of nitrogens with zero attached hydrogens (tertiary/aromatic N) is 1. The van der Waals surface area contributed by atoms with E-state index in [9.17, 15) is 4.79 Å². The quantitative estimate of drug-likeness (QED) is 0.305. The molecule has 4 nitrogen and oxygen atoms in total. The summed E-state index contributed by atoms with van der Waals surface area (Å²) < 4.78 is 5.89. The van der Waals surface area contributed by atoms with Gasteiger partial charge < -0.3 is 9.73 Å². The zero-order valence-corrected chi connectivity index (χ0v) is 19.3. The average molecular weight is 443 g/mol. The maximum absolute atomic E-state index is 12.6. The van der Waals surface area contributed by atoms with E-state index in [4.69, 9.17) is 4.42 Å². The molecule has 3 aromatic carbocycles. The maximum atomic E-state index is 12.6. The van der Waals surface area contributed by atoms with Crippen LogP contribution in [0.5, 0.6) is 0 Å². The topological polar surface area (TPSA) is 55.1 Å². The van der Waals surface area contributed by atoms with Crippen LogP contribution in [0.1, 0.15) is 47.1 Å². The van der Waals surface area contributed by atoms with Crippen LogP contribution in [0.4, 0.5) is 5.69 Å². The first kappa shape index (κ1) is 21.9. The molecule has 162 valence electrons. The number of hydrogen-bond acceptors (Lipinski definition) is 4. The molecule has 4 aromatic rings. The molecule has 0 unspecified atom stereocenters. The Balaban J connectivity index is 1.41. The molecule has 0 aliphatic carbocycles. The molecule has 0 atom stereocenters. The highest BCUT2D eigenvalue weighted by molar-refractivity contribution is 7.98. The van der Waals surface area contributed by atoms with Crippen molar-refractivity contribution in [3.05, 3.63) is 101 Å². The van der Waals surface area contributed by atoms with Gasteiger partial charge >= 0.3 is 0 Å². The number of aryl methyl sites for hydroxylation is 1. The Morgan fingerprint density at radius 1 is 0.969 bits per heavy atom. The molecular formula is C27H26N2O2S. The molecule has 1 aromatic heterocycles. The lowest BCUT2D eigenvalue weighted by Gasteiger charge is -2.08. The minimum absolute atomic E-state index is 0.141. The van der Waals surface area contributed by atoms with Crippen molar-refractivity contribution in [1.29, 1.82) is 0 Å². The summed E-state index contributed by atoms with van der Waals surface area (Å²) in [6.45, 7) is 6.23. The molecule has 32 heavy (non-hydrogen) atoms. The van der Waals surface area contributed by atoms with Crippen molar-refractivity contribution in [2.75, 3.05) is 5.32 Å². The number of amides is 1. The van der Waals surface area contributed by atoms with E-state index in [2.05, 4.69) is 36.3 Å². The second-order valence-corrected chi connectivity index (χ2v) is 8.98. The Kier molecular flexibility index (Phi) is 6.76. The molecule has 4 rings (SSSR count). The lowest BCUT2D eigenvalue weighted by molar-refractivity contribution is 0.102. The van der Waals surface area contributed by atoms with Crippen molar-refractivity contribution in [3.8, 4) is 11.5 Å². The van der Waals surface area contributed by atoms with Crippen molar-refractivity contribution in [3.63, 3.8) is 0 Å². The lowest BCUT2D eigenvalue weighted by atomic mass is 10.0. The van der Waals surface area contributed by atoms with Crippen molar-refractivity contribution in [1.82, 2.24) is 4.98 Å². The maximum Gasteiger partial charge on any atom is 0.255 e. The summed E-state index contributed by atoms with van der Waals surface area (Å²) in [5.74, 6) is 2.45. The molecule has 0 aliphatic rings. The highest BCUT2D eigenvalue weighted by Crippen LogP contribution is 2.28. The molecule has 0 bridgehead atoms. The predicted octanol–water partition coefficient (Wildman–Crippen LogP) is 7.32. The van der Waals surface area contributed by atoms with Crippen molar-refractivity contribution < 1.29 is 9.21 Å². The normalized spacial score (nSPS) is 11.0.